The Balaban J connectivity index is 2.17. The van der Waals surface area contributed by atoms with E-state index in [1.165, 1.54) is 6.07 Å². The predicted octanol–water partition coefficient (Wildman–Crippen LogP) is 4.05. The summed E-state index contributed by atoms with van der Waals surface area (Å²) in [5.41, 5.74) is 3.71. The van der Waals surface area contributed by atoms with Crippen LogP contribution in [0.3, 0.4) is 0 Å². The second kappa shape index (κ2) is 6.12. The van der Waals surface area contributed by atoms with E-state index in [4.69, 9.17) is 17.4 Å². The van der Waals surface area contributed by atoms with E-state index >= 15 is 0 Å². The Morgan fingerprint density at radius 2 is 2.22 bits per heavy atom. The molecule has 1 unspecified atom stereocenters. The Bertz CT molecular complexity index is 547. The summed E-state index contributed by atoms with van der Waals surface area (Å²) >= 11 is 10.8. The zero-order valence-electron chi connectivity index (χ0n) is 9.29. The van der Waals surface area contributed by atoms with Crippen molar-refractivity contribution in [2.24, 2.45) is 5.84 Å². The molecule has 3 N–H and O–H groups in total. The molecule has 1 heterocycles. The number of hydrazine groups is 1. The van der Waals surface area contributed by atoms with Gasteiger partial charge in [-0.2, -0.15) is 0 Å². The number of hydrogen-bond donors (Lipinski definition) is 2. The molecule has 0 fully saturated rings. The first kappa shape index (κ1) is 14.0. The molecule has 1 aromatic carbocycles. The highest BCUT2D eigenvalue weighted by Gasteiger charge is 2.13. The largest absolute Gasteiger partial charge is 0.271 e. The van der Waals surface area contributed by atoms with Crippen LogP contribution in [0, 0.1) is 5.82 Å². The van der Waals surface area contributed by atoms with E-state index in [9.17, 15) is 4.39 Å². The highest BCUT2D eigenvalue weighted by Crippen LogP contribution is 2.28. The summed E-state index contributed by atoms with van der Waals surface area (Å²) in [6, 6.07) is 6.72. The van der Waals surface area contributed by atoms with Crippen molar-refractivity contribution in [2.45, 2.75) is 12.5 Å². The van der Waals surface area contributed by atoms with E-state index in [-0.39, 0.29) is 11.1 Å². The maximum absolute atomic E-state index is 13.1. The van der Waals surface area contributed by atoms with Crippen LogP contribution in [0.2, 0.25) is 5.02 Å². The molecule has 0 aliphatic rings. The lowest BCUT2D eigenvalue weighted by molar-refractivity contribution is 0.559. The second-order valence-corrected chi connectivity index (χ2v) is 6.10. The predicted molar refractivity (Wildman–Crippen MR) is 77.2 cm³/mol. The van der Waals surface area contributed by atoms with Crippen LogP contribution >= 0.6 is 38.9 Å². The van der Waals surface area contributed by atoms with Crippen LogP contribution in [-0.2, 0) is 6.42 Å². The van der Waals surface area contributed by atoms with Gasteiger partial charge in [-0.3, -0.25) is 11.3 Å². The molecule has 1 aromatic heterocycles. The summed E-state index contributed by atoms with van der Waals surface area (Å²) in [7, 11) is 0. The number of halogens is 3. The fourth-order valence-electron chi connectivity index (χ4n) is 1.65. The lowest BCUT2D eigenvalue weighted by Gasteiger charge is -2.14. The van der Waals surface area contributed by atoms with Crippen molar-refractivity contribution in [3.05, 3.63) is 55.4 Å². The molecule has 2 aromatic rings. The van der Waals surface area contributed by atoms with Gasteiger partial charge in [-0.05, 0) is 46.1 Å². The molecule has 0 amide bonds. The Kier molecular flexibility index (Phi) is 4.75. The van der Waals surface area contributed by atoms with E-state index in [0.717, 1.165) is 14.9 Å². The third-order valence-corrected chi connectivity index (χ3v) is 4.65. The summed E-state index contributed by atoms with van der Waals surface area (Å²) in [6.45, 7) is 0. The average Bonchev–Trinajstić information content (AvgIpc) is 2.77. The number of nitrogens with one attached hydrogen (secondary N) is 1. The third kappa shape index (κ3) is 3.30. The topological polar surface area (TPSA) is 38.0 Å². The molecule has 0 saturated carbocycles. The minimum Gasteiger partial charge on any atom is -0.271 e. The van der Waals surface area contributed by atoms with Gasteiger partial charge in [0.2, 0.25) is 0 Å². The number of thiophene rings is 1. The smallest absolute Gasteiger partial charge is 0.141 e. The summed E-state index contributed by atoms with van der Waals surface area (Å²) in [4.78, 5) is 1.12. The fraction of sp³-hybridized carbons (Fsp3) is 0.167. The SMILES string of the molecule is NNC(Cc1ccc(F)c(Cl)c1)c1cc(Br)cs1. The van der Waals surface area contributed by atoms with Crippen molar-refractivity contribution < 1.29 is 4.39 Å². The Morgan fingerprint density at radius 1 is 1.44 bits per heavy atom. The quantitative estimate of drug-likeness (QED) is 0.645. The van der Waals surface area contributed by atoms with Crippen LogP contribution < -0.4 is 11.3 Å². The van der Waals surface area contributed by atoms with Gasteiger partial charge >= 0.3 is 0 Å². The molecule has 1 atom stereocenters. The third-order valence-electron chi connectivity index (χ3n) is 2.56. The monoisotopic (exact) mass is 348 g/mol. The maximum atomic E-state index is 13.1. The van der Waals surface area contributed by atoms with Gasteiger partial charge in [0.1, 0.15) is 5.82 Å². The molecule has 2 nitrogen and oxygen atoms in total. The average molecular weight is 350 g/mol. The summed E-state index contributed by atoms with van der Waals surface area (Å²) in [6.07, 6.45) is 0.656. The molecule has 0 saturated heterocycles. The van der Waals surface area contributed by atoms with E-state index in [0.29, 0.717) is 6.42 Å². The van der Waals surface area contributed by atoms with Crippen LogP contribution in [0.1, 0.15) is 16.5 Å². The Labute approximate surface area is 122 Å². The van der Waals surface area contributed by atoms with Crippen LogP contribution in [0.25, 0.3) is 0 Å². The first-order valence-corrected chi connectivity index (χ1v) is 7.29. The molecule has 6 heteroatoms. The number of nitrogens with two attached hydrogens (primary N) is 1. The number of hydrogen-bond acceptors (Lipinski definition) is 3. The van der Waals surface area contributed by atoms with Crippen molar-refractivity contribution in [1.29, 1.82) is 0 Å². The minimum absolute atomic E-state index is 0.0113. The normalized spacial score (nSPS) is 12.7. The highest BCUT2D eigenvalue weighted by atomic mass is 79.9. The van der Waals surface area contributed by atoms with E-state index in [1.807, 2.05) is 11.4 Å². The molecule has 18 heavy (non-hydrogen) atoms. The first-order valence-electron chi connectivity index (χ1n) is 5.24. The minimum atomic E-state index is -0.406. The number of rotatable bonds is 4. The Hall–Kier alpha value is -0.460. The molecule has 0 aliphatic carbocycles. The van der Waals surface area contributed by atoms with Gasteiger partial charge in [0.15, 0.2) is 0 Å². The zero-order chi connectivity index (χ0) is 13.1. The highest BCUT2D eigenvalue weighted by molar-refractivity contribution is 9.10. The van der Waals surface area contributed by atoms with Crippen LogP contribution in [0.15, 0.2) is 34.1 Å². The van der Waals surface area contributed by atoms with Gasteiger partial charge < -0.3 is 0 Å². The maximum Gasteiger partial charge on any atom is 0.141 e. The molecular formula is C12H11BrClFN2S. The molecular weight excluding hydrogens is 339 g/mol. The van der Waals surface area contributed by atoms with Crippen LogP contribution in [0.4, 0.5) is 4.39 Å². The van der Waals surface area contributed by atoms with Crippen molar-refractivity contribution in [2.75, 3.05) is 0 Å². The summed E-state index contributed by atoms with van der Waals surface area (Å²) in [5, 5.41) is 2.13. The van der Waals surface area contributed by atoms with E-state index < -0.39 is 5.82 Å². The number of benzene rings is 1. The van der Waals surface area contributed by atoms with Gasteiger partial charge in [0, 0.05) is 14.7 Å². The van der Waals surface area contributed by atoms with Crippen molar-refractivity contribution in [1.82, 2.24) is 5.43 Å². The van der Waals surface area contributed by atoms with Gasteiger partial charge in [0.05, 0.1) is 11.1 Å². The Morgan fingerprint density at radius 3 is 2.78 bits per heavy atom. The first-order chi connectivity index (χ1) is 8.60. The van der Waals surface area contributed by atoms with Crippen LogP contribution in [-0.4, -0.2) is 0 Å². The molecule has 96 valence electrons. The summed E-state index contributed by atoms with van der Waals surface area (Å²) < 4.78 is 14.1. The molecule has 0 aliphatic heterocycles. The van der Waals surface area contributed by atoms with Crippen molar-refractivity contribution in [3.8, 4) is 0 Å². The lowest BCUT2D eigenvalue weighted by Crippen LogP contribution is -2.28. The molecule has 0 radical (unpaired) electrons. The van der Waals surface area contributed by atoms with Gasteiger partial charge in [-0.25, -0.2) is 4.39 Å². The van der Waals surface area contributed by atoms with Gasteiger partial charge in [-0.1, -0.05) is 17.7 Å². The van der Waals surface area contributed by atoms with E-state index in [2.05, 4.69) is 21.4 Å². The standard InChI is InChI=1S/C12H11BrClFN2S/c13-8-5-12(18-6-8)11(17-16)4-7-1-2-10(15)9(14)3-7/h1-3,5-6,11,17H,4,16H2. The van der Waals surface area contributed by atoms with Crippen LogP contribution in [0.5, 0.6) is 0 Å². The molecule has 0 spiro atoms. The van der Waals surface area contributed by atoms with Gasteiger partial charge in [-0.15, -0.1) is 11.3 Å². The van der Waals surface area contributed by atoms with Gasteiger partial charge in [0.25, 0.3) is 0 Å². The lowest BCUT2D eigenvalue weighted by atomic mass is 10.1. The van der Waals surface area contributed by atoms with E-state index in [1.54, 1.807) is 23.5 Å². The van der Waals surface area contributed by atoms with Crippen molar-refractivity contribution >= 4 is 38.9 Å². The summed E-state index contributed by atoms with van der Waals surface area (Å²) in [5.74, 6) is 5.16. The second-order valence-electron chi connectivity index (χ2n) is 3.84. The zero-order valence-corrected chi connectivity index (χ0v) is 12.4. The van der Waals surface area contributed by atoms with Crippen molar-refractivity contribution in [3.63, 3.8) is 0 Å². The molecule has 0 bridgehead atoms. The molecule has 2 rings (SSSR count). The fourth-order valence-corrected chi connectivity index (χ4v) is 3.36.